The van der Waals surface area contributed by atoms with Crippen LogP contribution in [0.2, 0.25) is 0 Å². The highest BCUT2D eigenvalue weighted by Gasteiger charge is 2.17. The lowest BCUT2D eigenvalue weighted by atomic mass is 10.3. The van der Waals surface area contributed by atoms with Crippen LogP contribution < -0.4 is 5.32 Å². The van der Waals surface area contributed by atoms with Gasteiger partial charge in [-0.05, 0) is 11.6 Å². The minimum Gasteiger partial charge on any atom is -0.367 e. The Hall–Kier alpha value is -2.57. The lowest BCUT2D eigenvalue weighted by Gasteiger charge is -2.03. The second-order valence-corrected chi connectivity index (χ2v) is 3.85. The van der Waals surface area contributed by atoms with E-state index in [4.69, 9.17) is 0 Å². The maximum absolute atomic E-state index is 11.8. The first-order valence-electron chi connectivity index (χ1n) is 5.28. The number of aromatic nitrogens is 2. The molecule has 0 unspecified atom stereocenters. The van der Waals surface area contributed by atoms with E-state index in [1.807, 2.05) is 6.07 Å². The van der Waals surface area contributed by atoms with E-state index < -0.39 is 4.92 Å². The third kappa shape index (κ3) is 2.40. The van der Waals surface area contributed by atoms with Crippen molar-refractivity contribution in [1.82, 2.24) is 14.9 Å². The standard InChI is InChI=1S/C11H12N4O3/c1-14-7-9(15(17)18)4-10(14)11(16)13-6-8-2-3-12-5-8/h2-5,7,12H,6H2,1H3,(H,13,16). The fraction of sp³-hybridized carbons (Fsp3) is 0.182. The van der Waals surface area contributed by atoms with Gasteiger partial charge < -0.3 is 14.9 Å². The van der Waals surface area contributed by atoms with Gasteiger partial charge in [0.25, 0.3) is 11.6 Å². The highest BCUT2D eigenvalue weighted by molar-refractivity contribution is 5.93. The number of nitro groups is 1. The Labute approximate surface area is 103 Å². The highest BCUT2D eigenvalue weighted by Crippen LogP contribution is 2.15. The SMILES string of the molecule is Cn1cc([N+](=O)[O-])cc1C(=O)NCc1cc[nH]c1. The molecule has 94 valence electrons. The molecular formula is C11H12N4O3. The number of hydrogen-bond donors (Lipinski definition) is 2. The van der Waals surface area contributed by atoms with Crippen molar-refractivity contribution < 1.29 is 9.72 Å². The van der Waals surface area contributed by atoms with Crippen LogP contribution in [0.1, 0.15) is 16.1 Å². The van der Waals surface area contributed by atoms with E-state index in [-0.39, 0.29) is 17.3 Å². The second kappa shape index (κ2) is 4.74. The summed E-state index contributed by atoms with van der Waals surface area (Å²) in [6, 6.07) is 3.10. The van der Waals surface area contributed by atoms with Gasteiger partial charge in [-0.15, -0.1) is 0 Å². The van der Waals surface area contributed by atoms with Crippen LogP contribution in [0.3, 0.4) is 0 Å². The molecule has 7 heteroatoms. The molecule has 0 radical (unpaired) electrons. The summed E-state index contributed by atoms with van der Waals surface area (Å²) in [5, 5.41) is 13.3. The molecule has 0 bridgehead atoms. The smallest absolute Gasteiger partial charge is 0.287 e. The Bertz CT molecular complexity index is 571. The minimum absolute atomic E-state index is 0.0932. The summed E-state index contributed by atoms with van der Waals surface area (Å²) in [4.78, 5) is 24.8. The molecule has 0 spiro atoms. The van der Waals surface area contributed by atoms with Gasteiger partial charge in [-0.25, -0.2) is 0 Å². The molecule has 2 aromatic rings. The van der Waals surface area contributed by atoms with Crippen molar-refractivity contribution in [3.8, 4) is 0 Å². The molecule has 0 atom stereocenters. The van der Waals surface area contributed by atoms with Crippen LogP contribution in [0, 0.1) is 10.1 Å². The largest absolute Gasteiger partial charge is 0.367 e. The summed E-state index contributed by atoms with van der Waals surface area (Å²) in [7, 11) is 1.60. The molecule has 2 heterocycles. The van der Waals surface area contributed by atoms with Crippen LogP contribution in [-0.4, -0.2) is 20.4 Å². The number of rotatable bonds is 4. The van der Waals surface area contributed by atoms with Gasteiger partial charge in [0.15, 0.2) is 0 Å². The summed E-state index contributed by atoms with van der Waals surface area (Å²) in [5.41, 5.74) is 1.11. The number of nitrogens with one attached hydrogen (secondary N) is 2. The van der Waals surface area contributed by atoms with Crippen molar-refractivity contribution in [2.75, 3.05) is 0 Å². The van der Waals surface area contributed by atoms with E-state index in [2.05, 4.69) is 10.3 Å². The van der Waals surface area contributed by atoms with Crippen molar-refractivity contribution in [1.29, 1.82) is 0 Å². The zero-order valence-corrected chi connectivity index (χ0v) is 9.71. The van der Waals surface area contributed by atoms with Gasteiger partial charge in [-0.1, -0.05) is 0 Å². The van der Waals surface area contributed by atoms with Crippen molar-refractivity contribution in [3.05, 3.63) is 52.1 Å². The first kappa shape index (κ1) is 11.9. The van der Waals surface area contributed by atoms with Crippen molar-refractivity contribution in [3.63, 3.8) is 0 Å². The summed E-state index contributed by atoms with van der Waals surface area (Å²) < 4.78 is 1.44. The van der Waals surface area contributed by atoms with Gasteiger partial charge in [0.05, 0.1) is 11.1 Å². The van der Waals surface area contributed by atoms with Crippen molar-refractivity contribution >= 4 is 11.6 Å². The molecule has 0 saturated heterocycles. The Morgan fingerprint density at radius 2 is 2.39 bits per heavy atom. The highest BCUT2D eigenvalue weighted by atomic mass is 16.6. The maximum atomic E-state index is 11.8. The number of hydrogen-bond acceptors (Lipinski definition) is 3. The number of H-pyrrole nitrogens is 1. The zero-order valence-electron chi connectivity index (χ0n) is 9.71. The first-order chi connectivity index (χ1) is 8.58. The Kier molecular flexibility index (Phi) is 3.13. The lowest BCUT2D eigenvalue weighted by Crippen LogP contribution is -2.24. The van der Waals surface area contributed by atoms with E-state index in [0.29, 0.717) is 6.54 Å². The van der Waals surface area contributed by atoms with Crippen LogP contribution >= 0.6 is 0 Å². The molecule has 7 nitrogen and oxygen atoms in total. The summed E-state index contributed by atoms with van der Waals surface area (Å²) in [6.07, 6.45) is 4.84. The molecule has 0 aliphatic rings. The molecule has 18 heavy (non-hydrogen) atoms. The average molecular weight is 248 g/mol. The number of amides is 1. The molecule has 0 saturated carbocycles. The Balaban J connectivity index is 2.06. The predicted octanol–water partition coefficient (Wildman–Crippen LogP) is 1.19. The average Bonchev–Trinajstić information content (AvgIpc) is 2.94. The van der Waals surface area contributed by atoms with Crippen LogP contribution in [0.4, 0.5) is 5.69 Å². The van der Waals surface area contributed by atoms with Crippen molar-refractivity contribution in [2.24, 2.45) is 7.05 Å². The molecule has 0 aliphatic heterocycles. The summed E-state index contributed by atoms with van der Waals surface area (Å²) in [5.74, 6) is -0.341. The Morgan fingerprint density at radius 1 is 1.61 bits per heavy atom. The summed E-state index contributed by atoms with van der Waals surface area (Å²) >= 11 is 0. The topological polar surface area (TPSA) is 93.0 Å². The molecule has 2 aromatic heterocycles. The molecule has 0 fully saturated rings. The fourth-order valence-corrected chi connectivity index (χ4v) is 1.61. The predicted molar refractivity (Wildman–Crippen MR) is 64.0 cm³/mol. The zero-order chi connectivity index (χ0) is 13.1. The lowest BCUT2D eigenvalue weighted by molar-refractivity contribution is -0.384. The van der Waals surface area contributed by atoms with E-state index in [9.17, 15) is 14.9 Å². The Morgan fingerprint density at radius 3 is 2.94 bits per heavy atom. The van der Waals surface area contributed by atoms with E-state index in [1.54, 1.807) is 19.4 Å². The fourth-order valence-electron chi connectivity index (χ4n) is 1.61. The van der Waals surface area contributed by atoms with Gasteiger partial charge in [-0.3, -0.25) is 14.9 Å². The molecule has 2 rings (SSSR count). The number of nitrogens with zero attached hydrogens (tertiary/aromatic N) is 2. The van der Waals surface area contributed by atoms with Gasteiger partial charge in [0, 0.05) is 32.1 Å². The third-order valence-electron chi connectivity index (χ3n) is 2.55. The third-order valence-corrected chi connectivity index (χ3v) is 2.55. The van der Waals surface area contributed by atoms with Gasteiger partial charge in [-0.2, -0.15) is 0 Å². The van der Waals surface area contributed by atoms with Crippen LogP contribution in [0.25, 0.3) is 0 Å². The summed E-state index contributed by atoms with van der Waals surface area (Å²) in [6.45, 7) is 0.376. The molecule has 0 aliphatic carbocycles. The van der Waals surface area contributed by atoms with Gasteiger partial charge in [0.1, 0.15) is 5.69 Å². The van der Waals surface area contributed by atoms with Crippen LogP contribution in [0.15, 0.2) is 30.7 Å². The number of aryl methyl sites for hydroxylation is 1. The van der Waals surface area contributed by atoms with E-state index >= 15 is 0 Å². The van der Waals surface area contributed by atoms with Crippen LogP contribution in [0.5, 0.6) is 0 Å². The number of carbonyl (C=O) groups excluding carboxylic acids is 1. The quantitative estimate of drug-likeness (QED) is 0.628. The molecule has 1 amide bonds. The first-order valence-corrected chi connectivity index (χ1v) is 5.28. The van der Waals surface area contributed by atoms with E-state index in [0.717, 1.165) is 5.56 Å². The minimum atomic E-state index is -0.525. The van der Waals surface area contributed by atoms with Gasteiger partial charge >= 0.3 is 0 Å². The monoisotopic (exact) mass is 248 g/mol. The van der Waals surface area contributed by atoms with Crippen molar-refractivity contribution in [2.45, 2.75) is 6.54 Å². The van der Waals surface area contributed by atoms with Crippen LogP contribution in [-0.2, 0) is 13.6 Å². The molecule has 0 aromatic carbocycles. The normalized spacial score (nSPS) is 10.3. The maximum Gasteiger partial charge on any atom is 0.287 e. The number of carbonyl (C=O) groups is 1. The second-order valence-electron chi connectivity index (χ2n) is 3.85. The molecule has 2 N–H and O–H groups in total. The number of aromatic amines is 1. The van der Waals surface area contributed by atoms with E-state index in [1.165, 1.54) is 16.8 Å². The van der Waals surface area contributed by atoms with Gasteiger partial charge in [0.2, 0.25) is 0 Å². The molecular weight excluding hydrogens is 236 g/mol.